The molecule has 1 amide bonds. The first-order valence-electron chi connectivity index (χ1n) is 10.5. The fourth-order valence-corrected chi connectivity index (χ4v) is 4.25. The second-order valence-corrected chi connectivity index (χ2v) is 8.22. The van der Waals surface area contributed by atoms with Gasteiger partial charge in [-0.2, -0.15) is 0 Å². The van der Waals surface area contributed by atoms with Gasteiger partial charge in [-0.15, -0.1) is 13.2 Å². The number of nitrogens with zero attached hydrogens (tertiary/aromatic N) is 3. The van der Waals surface area contributed by atoms with Crippen LogP contribution in [0.5, 0.6) is 5.75 Å². The van der Waals surface area contributed by atoms with Crippen molar-refractivity contribution in [3.05, 3.63) is 47.3 Å². The maximum Gasteiger partial charge on any atom is 0.573 e. The van der Waals surface area contributed by atoms with Gasteiger partial charge in [-0.1, -0.05) is 0 Å². The van der Waals surface area contributed by atoms with Gasteiger partial charge in [0.15, 0.2) is 5.78 Å². The number of hydrogen-bond donors (Lipinski definition) is 0. The van der Waals surface area contributed by atoms with Crippen LogP contribution in [-0.2, 0) is 4.79 Å². The van der Waals surface area contributed by atoms with E-state index in [9.17, 15) is 22.8 Å². The predicted molar refractivity (Wildman–Crippen MR) is 114 cm³/mol. The number of aryl methyl sites for hydroxylation is 1. The van der Waals surface area contributed by atoms with Crippen molar-refractivity contribution >= 4 is 11.7 Å². The number of amides is 1. The summed E-state index contributed by atoms with van der Waals surface area (Å²) in [5.41, 5.74) is 2.81. The summed E-state index contributed by atoms with van der Waals surface area (Å²) in [5, 5.41) is 0. The van der Waals surface area contributed by atoms with Crippen molar-refractivity contribution in [2.45, 2.75) is 46.0 Å². The molecule has 1 fully saturated rings. The van der Waals surface area contributed by atoms with Crippen molar-refractivity contribution in [3.63, 3.8) is 0 Å². The first-order valence-corrected chi connectivity index (χ1v) is 10.5. The molecule has 1 aliphatic heterocycles. The van der Waals surface area contributed by atoms with E-state index in [1.807, 2.05) is 31.5 Å². The van der Waals surface area contributed by atoms with Crippen LogP contribution in [0.4, 0.5) is 13.2 Å². The third kappa shape index (κ3) is 5.51. The van der Waals surface area contributed by atoms with Crippen molar-refractivity contribution in [1.82, 2.24) is 14.4 Å². The molecule has 0 N–H and O–H groups in total. The topological polar surface area (TPSA) is 54.8 Å². The van der Waals surface area contributed by atoms with Crippen molar-refractivity contribution in [1.29, 1.82) is 0 Å². The number of ketones is 1. The molecule has 9 heteroatoms. The second kappa shape index (κ2) is 9.36. The standard InChI is InChI=1S/C23H28F3N3O3/c1-15-13-21(22(31)14-28-11-9-18(10-12-28)27(4)17(3)30)16(2)29(15)19-5-7-20(8-6-19)32-23(24,25)26/h5-8,13,18H,9-12,14H2,1-4H3. The van der Waals surface area contributed by atoms with Gasteiger partial charge in [0.2, 0.25) is 5.91 Å². The van der Waals surface area contributed by atoms with E-state index in [4.69, 9.17) is 0 Å². The minimum atomic E-state index is -4.74. The molecule has 0 unspecified atom stereocenters. The molecule has 0 radical (unpaired) electrons. The van der Waals surface area contributed by atoms with Crippen LogP contribution < -0.4 is 4.74 Å². The van der Waals surface area contributed by atoms with Crippen LogP contribution in [-0.4, -0.2) is 65.1 Å². The Bertz CT molecular complexity index is 975. The fourth-order valence-electron chi connectivity index (χ4n) is 4.25. The lowest BCUT2D eigenvalue weighted by Crippen LogP contribution is -2.46. The Kier molecular flexibility index (Phi) is 6.97. The summed E-state index contributed by atoms with van der Waals surface area (Å²) in [6.07, 6.45) is -3.08. The van der Waals surface area contributed by atoms with Gasteiger partial charge in [0, 0.05) is 55.7 Å². The quantitative estimate of drug-likeness (QED) is 0.620. The molecule has 2 heterocycles. The highest BCUT2D eigenvalue weighted by Gasteiger charge is 2.31. The molecule has 0 aliphatic carbocycles. The molecule has 0 saturated carbocycles. The SMILES string of the molecule is CC(=O)N(C)C1CCN(CC(=O)c2cc(C)n(-c3ccc(OC(F)(F)F)cc3)c2C)CC1. The third-order valence-corrected chi connectivity index (χ3v) is 6.03. The lowest BCUT2D eigenvalue weighted by molar-refractivity contribution is -0.274. The Morgan fingerprint density at radius 1 is 1.12 bits per heavy atom. The van der Waals surface area contributed by atoms with Crippen molar-refractivity contribution in [3.8, 4) is 11.4 Å². The van der Waals surface area contributed by atoms with Crippen LogP contribution in [0.3, 0.4) is 0 Å². The lowest BCUT2D eigenvalue weighted by Gasteiger charge is -2.36. The maximum atomic E-state index is 13.0. The van der Waals surface area contributed by atoms with Crippen LogP contribution in [0, 0.1) is 13.8 Å². The summed E-state index contributed by atoms with van der Waals surface area (Å²) in [6, 6.07) is 7.59. The van der Waals surface area contributed by atoms with E-state index in [2.05, 4.69) is 9.64 Å². The minimum Gasteiger partial charge on any atom is -0.406 e. The Morgan fingerprint density at radius 3 is 2.25 bits per heavy atom. The largest absolute Gasteiger partial charge is 0.573 e. The number of likely N-dealkylation sites (tertiary alicyclic amines) is 1. The van der Waals surface area contributed by atoms with Crippen molar-refractivity contribution in [2.24, 2.45) is 0 Å². The van der Waals surface area contributed by atoms with Crippen LogP contribution in [0.2, 0.25) is 0 Å². The summed E-state index contributed by atoms with van der Waals surface area (Å²) in [4.78, 5) is 28.4. The molecular weight excluding hydrogens is 423 g/mol. The summed E-state index contributed by atoms with van der Waals surface area (Å²) in [7, 11) is 1.81. The summed E-state index contributed by atoms with van der Waals surface area (Å²) >= 11 is 0. The van der Waals surface area contributed by atoms with Gasteiger partial charge in [0.05, 0.1) is 6.54 Å². The Labute approximate surface area is 185 Å². The highest BCUT2D eigenvalue weighted by atomic mass is 19.4. The van der Waals surface area contributed by atoms with E-state index < -0.39 is 6.36 Å². The first kappa shape index (κ1) is 23.8. The highest BCUT2D eigenvalue weighted by molar-refractivity contribution is 5.99. The molecule has 0 atom stereocenters. The minimum absolute atomic E-state index is 0.000234. The van der Waals surface area contributed by atoms with Gasteiger partial charge in [-0.3, -0.25) is 14.5 Å². The molecule has 0 spiro atoms. The van der Waals surface area contributed by atoms with Gasteiger partial charge in [0.1, 0.15) is 5.75 Å². The number of hydrogen-bond acceptors (Lipinski definition) is 4. The molecule has 6 nitrogen and oxygen atoms in total. The molecule has 1 aromatic heterocycles. The molecule has 2 aromatic rings. The number of ether oxygens (including phenoxy) is 1. The van der Waals surface area contributed by atoms with Crippen molar-refractivity contribution in [2.75, 3.05) is 26.7 Å². The van der Waals surface area contributed by atoms with E-state index in [-0.39, 0.29) is 23.5 Å². The number of benzene rings is 1. The average Bonchev–Trinajstić information content (AvgIpc) is 3.01. The Morgan fingerprint density at radius 2 is 1.72 bits per heavy atom. The summed E-state index contributed by atoms with van der Waals surface area (Å²) < 4.78 is 42.9. The van der Waals surface area contributed by atoms with Crippen molar-refractivity contribution < 1.29 is 27.5 Å². The molecule has 32 heavy (non-hydrogen) atoms. The molecule has 1 aromatic carbocycles. The molecule has 3 rings (SSSR count). The fraction of sp³-hybridized carbons (Fsp3) is 0.478. The first-order chi connectivity index (χ1) is 15.0. The summed E-state index contributed by atoms with van der Waals surface area (Å²) in [5.74, 6) is -0.247. The van der Waals surface area contributed by atoms with Gasteiger partial charge < -0.3 is 14.2 Å². The smallest absolute Gasteiger partial charge is 0.406 e. The zero-order chi connectivity index (χ0) is 23.6. The Balaban J connectivity index is 1.68. The van der Waals surface area contributed by atoms with Gasteiger partial charge in [-0.25, -0.2) is 0 Å². The van der Waals surface area contributed by atoms with Crippen LogP contribution >= 0.6 is 0 Å². The van der Waals surface area contributed by atoms with E-state index in [0.717, 1.165) is 37.3 Å². The van der Waals surface area contributed by atoms with E-state index in [0.29, 0.717) is 17.8 Å². The van der Waals surface area contributed by atoms with Crippen LogP contribution in [0.15, 0.2) is 30.3 Å². The van der Waals surface area contributed by atoms with Crippen LogP contribution in [0.1, 0.15) is 41.5 Å². The van der Waals surface area contributed by atoms with Gasteiger partial charge in [-0.05, 0) is 57.0 Å². The van der Waals surface area contributed by atoms with E-state index >= 15 is 0 Å². The van der Waals surface area contributed by atoms with Gasteiger partial charge >= 0.3 is 6.36 Å². The number of piperidine rings is 1. The predicted octanol–water partition coefficient (Wildman–Crippen LogP) is 4.12. The van der Waals surface area contributed by atoms with Gasteiger partial charge in [0.25, 0.3) is 0 Å². The molecule has 1 saturated heterocycles. The third-order valence-electron chi connectivity index (χ3n) is 6.03. The van der Waals surface area contributed by atoms with E-state index in [1.54, 1.807) is 11.8 Å². The number of carbonyl (C=O) groups is 2. The molecular formula is C23H28F3N3O3. The summed E-state index contributed by atoms with van der Waals surface area (Å²) in [6.45, 7) is 7.02. The number of carbonyl (C=O) groups excluding carboxylic acids is 2. The zero-order valence-corrected chi connectivity index (χ0v) is 18.7. The number of alkyl halides is 3. The lowest BCUT2D eigenvalue weighted by atomic mass is 10.0. The van der Waals surface area contributed by atoms with Crippen LogP contribution in [0.25, 0.3) is 5.69 Å². The maximum absolute atomic E-state index is 13.0. The highest BCUT2D eigenvalue weighted by Crippen LogP contribution is 2.26. The second-order valence-electron chi connectivity index (χ2n) is 8.22. The molecule has 0 bridgehead atoms. The zero-order valence-electron chi connectivity index (χ0n) is 18.7. The number of aromatic nitrogens is 1. The number of halogens is 3. The molecule has 174 valence electrons. The number of rotatable bonds is 6. The molecule has 1 aliphatic rings. The monoisotopic (exact) mass is 451 g/mol. The van der Waals surface area contributed by atoms with E-state index in [1.165, 1.54) is 24.3 Å². The Hall–Kier alpha value is -2.81. The number of Topliss-reactive ketones (excluding diaryl/α,β-unsaturated/α-hetero) is 1. The average molecular weight is 451 g/mol. The normalized spacial score (nSPS) is 15.6.